The molecule has 10 heteroatoms. The second-order valence-corrected chi connectivity index (χ2v) is 8.58. The van der Waals surface area contributed by atoms with E-state index in [-0.39, 0.29) is 48.6 Å². The van der Waals surface area contributed by atoms with Crippen molar-refractivity contribution < 1.29 is 19.2 Å². The zero-order chi connectivity index (χ0) is 23.1. The summed E-state index contributed by atoms with van der Waals surface area (Å²) in [5.74, 6) is -0.988. The molecule has 2 aliphatic rings. The number of piperidine rings is 2. The number of nitrogens with two attached hydrogens (primary N) is 2. The number of primary amides is 2. The molecule has 0 aliphatic carbocycles. The quantitative estimate of drug-likeness (QED) is 0.442. The molecule has 174 valence electrons. The molecule has 2 aliphatic heterocycles. The summed E-state index contributed by atoms with van der Waals surface area (Å²) in [5, 5.41) is 5.70. The molecule has 1 aromatic rings. The predicted molar refractivity (Wildman–Crippen MR) is 120 cm³/mol. The fourth-order valence-electron chi connectivity index (χ4n) is 4.20. The number of carbonyl (C=O) groups excluding carboxylic acids is 4. The first kappa shape index (κ1) is 23.7. The fraction of sp³-hybridized carbons (Fsp3) is 0.545. The lowest BCUT2D eigenvalue weighted by Crippen LogP contribution is -2.42. The first-order chi connectivity index (χ1) is 15.3. The van der Waals surface area contributed by atoms with Gasteiger partial charge in [0.25, 0.3) is 0 Å². The highest BCUT2D eigenvalue weighted by Gasteiger charge is 2.25. The normalized spacial score (nSPS) is 18.8. The van der Waals surface area contributed by atoms with Crippen LogP contribution in [0.1, 0.15) is 25.7 Å². The Morgan fingerprint density at radius 2 is 1.00 bits per heavy atom. The van der Waals surface area contributed by atoms with Gasteiger partial charge >= 0.3 is 0 Å². The minimum absolute atomic E-state index is 0.0981. The van der Waals surface area contributed by atoms with Gasteiger partial charge in [0.2, 0.25) is 23.6 Å². The van der Waals surface area contributed by atoms with Gasteiger partial charge in [-0.05, 0) is 76.1 Å². The van der Waals surface area contributed by atoms with Gasteiger partial charge in [-0.15, -0.1) is 0 Å². The number of nitrogens with one attached hydrogen (secondary N) is 2. The van der Waals surface area contributed by atoms with E-state index in [4.69, 9.17) is 11.5 Å². The highest BCUT2D eigenvalue weighted by Crippen LogP contribution is 2.18. The molecule has 0 aromatic heterocycles. The summed E-state index contributed by atoms with van der Waals surface area (Å²) in [7, 11) is 0. The monoisotopic (exact) mass is 444 g/mol. The standard InChI is InChI=1S/C22H32N6O4/c23-21(31)15-5-9-27(10-6-15)13-19(29)25-17-1-2-18(4-3-17)26-20(30)14-28-11-7-16(8-12-28)22(24)32/h1-4,15-16H,5-14H2,(H2,23,31)(H2,24,32)(H,25,29)(H,26,30). The van der Waals surface area contributed by atoms with E-state index in [1.807, 2.05) is 9.80 Å². The average Bonchev–Trinajstić information content (AvgIpc) is 2.76. The number of amides is 4. The van der Waals surface area contributed by atoms with Crippen molar-refractivity contribution in [3.8, 4) is 0 Å². The van der Waals surface area contributed by atoms with Crippen molar-refractivity contribution in [2.24, 2.45) is 23.3 Å². The van der Waals surface area contributed by atoms with E-state index in [0.717, 1.165) is 0 Å². The molecule has 1 aromatic carbocycles. The molecule has 0 unspecified atom stereocenters. The van der Waals surface area contributed by atoms with Crippen molar-refractivity contribution in [2.75, 3.05) is 49.9 Å². The van der Waals surface area contributed by atoms with E-state index in [0.29, 0.717) is 63.2 Å². The molecule has 0 atom stereocenters. The topological polar surface area (TPSA) is 151 Å². The van der Waals surface area contributed by atoms with Crippen LogP contribution in [-0.4, -0.2) is 72.7 Å². The number of carbonyl (C=O) groups is 4. The Kier molecular flexibility index (Phi) is 8.18. The third kappa shape index (κ3) is 7.03. The van der Waals surface area contributed by atoms with Crippen molar-refractivity contribution in [2.45, 2.75) is 25.7 Å². The molecule has 2 saturated heterocycles. The summed E-state index contributed by atoms with van der Waals surface area (Å²) in [4.78, 5) is 51.1. The first-order valence-electron chi connectivity index (χ1n) is 11.0. The third-order valence-electron chi connectivity index (χ3n) is 6.17. The lowest BCUT2D eigenvalue weighted by Gasteiger charge is -2.29. The Balaban J connectivity index is 1.38. The lowest BCUT2D eigenvalue weighted by atomic mass is 9.96. The summed E-state index contributed by atoms with van der Waals surface area (Å²) in [6.45, 7) is 3.21. The van der Waals surface area contributed by atoms with E-state index < -0.39 is 0 Å². The molecular weight excluding hydrogens is 412 g/mol. The minimum Gasteiger partial charge on any atom is -0.369 e. The van der Waals surface area contributed by atoms with Gasteiger partial charge in [-0.1, -0.05) is 0 Å². The Morgan fingerprint density at radius 3 is 1.28 bits per heavy atom. The number of anilines is 2. The van der Waals surface area contributed by atoms with Crippen LogP contribution < -0.4 is 22.1 Å². The molecule has 0 saturated carbocycles. The van der Waals surface area contributed by atoms with Crippen LogP contribution in [0.2, 0.25) is 0 Å². The first-order valence-corrected chi connectivity index (χ1v) is 11.0. The number of likely N-dealkylation sites (tertiary alicyclic amines) is 2. The van der Waals surface area contributed by atoms with Crippen molar-refractivity contribution >= 4 is 35.0 Å². The number of hydrogen-bond donors (Lipinski definition) is 4. The summed E-state index contributed by atoms with van der Waals surface area (Å²) in [6.07, 6.45) is 2.72. The zero-order valence-electron chi connectivity index (χ0n) is 18.2. The van der Waals surface area contributed by atoms with Gasteiger partial charge in [0.15, 0.2) is 0 Å². The molecule has 2 heterocycles. The molecule has 0 radical (unpaired) electrons. The molecule has 3 rings (SSSR count). The number of hydrogen-bond acceptors (Lipinski definition) is 6. The van der Waals surface area contributed by atoms with Crippen LogP contribution in [0.5, 0.6) is 0 Å². The van der Waals surface area contributed by atoms with Crippen LogP contribution in [0, 0.1) is 11.8 Å². The van der Waals surface area contributed by atoms with Crippen LogP contribution in [0.15, 0.2) is 24.3 Å². The molecular formula is C22H32N6O4. The van der Waals surface area contributed by atoms with Crippen LogP contribution in [0.25, 0.3) is 0 Å². The molecule has 2 fully saturated rings. The second kappa shape index (κ2) is 11.1. The SMILES string of the molecule is NC(=O)C1CCN(CC(=O)Nc2ccc(NC(=O)CN3CCC(C(N)=O)CC3)cc2)CC1. The third-order valence-corrected chi connectivity index (χ3v) is 6.17. The van der Waals surface area contributed by atoms with Gasteiger partial charge in [0.05, 0.1) is 13.1 Å². The van der Waals surface area contributed by atoms with E-state index in [1.165, 1.54) is 0 Å². The summed E-state index contributed by atoms with van der Waals surface area (Å²) in [5.41, 5.74) is 12.0. The molecule has 0 spiro atoms. The Bertz CT molecular complexity index is 758. The maximum Gasteiger partial charge on any atom is 0.238 e. The van der Waals surface area contributed by atoms with E-state index in [9.17, 15) is 19.2 Å². The van der Waals surface area contributed by atoms with Gasteiger partial charge < -0.3 is 22.1 Å². The molecule has 10 nitrogen and oxygen atoms in total. The van der Waals surface area contributed by atoms with Gasteiger partial charge in [-0.2, -0.15) is 0 Å². The average molecular weight is 445 g/mol. The second-order valence-electron chi connectivity index (χ2n) is 8.58. The van der Waals surface area contributed by atoms with Gasteiger partial charge in [-0.3, -0.25) is 29.0 Å². The summed E-state index contributed by atoms with van der Waals surface area (Å²) >= 11 is 0. The Hall–Kier alpha value is -2.98. The predicted octanol–water partition coefficient (Wildman–Crippen LogP) is -0.0418. The van der Waals surface area contributed by atoms with E-state index in [2.05, 4.69) is 10.6 Å². The van der Waals surface area contributed by atoms with Gasteiger partial charge in [-0.25, -0.2) is 0 Å². The van der Waals surface area contributed by atoms with Crippen LogP contribution >= 0.6 is 0 Å². The fourth-order valence-corrected chi connectivity index (χ4v) is 4.20. The van der Waals surface area contributed by atoms with Gasteiger partial charge in [0.1, 0.15) is 0 Å². The Labute approximate surface area is 187 Å². The highest BCUT2D eigenvalue weighted by molar-refractivity contribution is 5.94. The summed E-state index contributed by atoms with van der Waals surface area (Å²) in [6, 6.07) is 6.97. The van der Waals surface area contributed by atoms with Crippen LogP contribution in [0.4, 0.5) is 11.4 Å². The smallest absolute Gasteiger partial charge is 0.238 e. The number of rotatable bonds is 8. The minimum atomic E-state index is -0.270. The summed E-state index contributed by atoms with van der Waals surface area (Å²) < 4.78 is 0. The van der Waals surface area contributed by atoms with E-state index >= 15 is 0 Å². The molecule has 32 heavy (non-hydrogen) atoms. The number of nitrogens with zero attached hydrogens (tertiary/aromatic N) is 2. The largest absolute Gasteiger partial charge is 0.369 e. The maximum atomic E-state index is 12.3. The van der Waals surface area contributed by atoms with Crippen LogP contribution in [-0.2, 0) is 19.2 Å². The van der Waals surface area contributed by atoms with Crippen molar-refractivity contribution in [1.82, 2.24) is 9.80 Å². The molecule has 4 amide bonds. The zero-order valence-corrected chi connectivity index (χ0v) is 18.2. The van der Waals surface area contributed by atoms with Crippen molar-refractivity contribution in [1.29, 1.82) is 0 Å². The molecule has 6 N–H and O–H groups in total. The lowest BCUT2D eigenvalue weighted by molar-refractivity contribution is -0.124. The number of benzene rings is 1. The maximum absolute atomic E-state index is 12.3. The highest BCUT2D eigenvalue weighted by atomic mass is 16.2. The van der Waals surface area contributed by atoms with Crippen LogP contribution in [0.3, 0.4) is 0 Å². The van der Waals surface area contributed by atoms with Crippen molar-refractivity contribution in [3.05, 3.63) is 24.3 Å². The van der Waals surface area contributed by atoms with Gasteiger partial charge in [0, 0.05) is 23.2 Å². The Morgan fingerprint density at radius 1 is 0.688 bits per heavy atom. The van der Waals surface area contributed by atoms with E-state index in [1.54, 1.807) is 24.3 Å². The van der Waals surface area contributed by atoms with Crippen molar-refractivity contribution in [3.63, 3.8) is 0 Å². The molecule has 0 bridgehead atoms.